The molecule has 12 heteroatoms. The number of likely N-dealkylation sites (N-methyl/N-ethyl adjacent to an activating group) is 1. The normalized spacial score (nSPS) is 19.2. The number of hydrogen-bond acceptors (Lipinski definition) is 8. The number of nitrogens with zero attached hydrogens (tertiary/aromatic N) is 6. The van der Waals surface area contributed by atoms with Gasteiger partial charge in [-0.15, -0.1) is 6.42 Å². The van der Waals surface area contributed by atoms with E-state index < -0.39 is 11.9 Å². The Kier molecular flexibility index (Phi) is 8.22. The molecule has 1 N–H and O–H groups in total. The summed E-state index contributed by atoms with van der Waals surface area (Å²) < 4.78 is 28.7. The van der Waals surface area contributed by atoms with Crippen LogP contribution in [-0.2, 0) is 9.53 Å². The number of carbonyl (C=O) groups excluding carboxylic acids is 1. The minimum atomic E-state index is -0.628. The lowest BCUT2D eigenvalue weighted by Crippen LogP contribution is -2.53. The zero-order valence-electron chi connectivity index (χ0n) is 25.4. The van der Waals surface area contributed by atoms with Crippen LogP contribution in [0.1, 0.15) is 11.3 Å². The van der Waals surface area contributed by atoms with Gasteiger partial charge in [0.05, 0.1) is 42.9 Å². The van der Waals surface area contributed by atoms with Crippen LogP contribution >= 0.6 is 11.6 Å². The fourth-order valence-electron chi connectivity index (χ4n) is 5.96. The van der Waals surface area contributed by atoms with E-state index in [1.807, 2.05) is 33.0 Å². The van der Waals surface area contributed by atoms with Crippen LogP contribution < -0.4 is 9.64 Å². The molecular formula is C33H33ClFN7O3. The number of nitrogens with one attached hydrogen (secondary N) is 1. The lowest BCUT2D eigenvalue weighted by Gasteiger charge is -2.41. The standard InChI is InChI=1S/C33H33ClFN7O3/c1-7-21-15-41(26(43)8-2)19(4)14-42(21)32-23-13-24(34)29(27-18(3)9-10-25-28(27)20(5)38-39-25)30(35)31(23)36-33(37-32)45-17-22-16-44-12-11-40(22)6/h1,8-10,13,21-22H,2,4,11-12,14-17H2,3,5-6H3,(H,38,39)/t21-,22-/m0/s1. The molecule has 2 aromatic heterocycles. The van der Waals surface area contributed by atoms with Crippen molar-refractivity contribution in [2.45, 2.75) is 25.9 Å². The van der Waals surface area contributed by atoms with Crippen LogP contribution in [0.3, 0.4) is 0 Å². The van der Waals surface area contributed by atoms with Crippen LogP contribution in [0.2, 0.25) is 5.02 Å². The van der Waals surface area contributed by atoms with Crippen molar-refractivity contribution in [2.24, 2.45) is 0 Å². The first kappa shape index (κ1) is 30.5. The summed E-state index contributed by atoms with van der Waals surface area (Å²) in [6.07, 6.45) is 7.19. The zero-order valence-corrected chi connectivity index (χ0v) is 26.1. The SMILES string of the molecule is C#C[C@H]1CN(C(=O)C=C)C(=C)CN1c1nc(OC[C@@H]2COCCN2C)nc2c(F)c(-c3c(C)ccc4n[nH]c(C)c34)c(Cl)cc12. The van der Waals surface area contributed by atoms with Gasteiger partial charge in [0.15, 0.2) is 5.82 Å². The number of H-pyrrole nitrogens is 1. The van der Waals surface area contributed by atoms with Crippen molar-refractivity contribution in [3.63, 3.8) is 0 Å². The first-order valence-electron chi connectivity index (χ1n) is 14.5. The molecule has 0 radical (unpaired) electrons. The van der Waals surface area contributed by atoms with Gasteiger partial charge in [0.25, 0.3) is 0 Å². The molecule has 2 aliphatic heterocycles. The third kappa shape index (κ3) is 5.39. The van der Waals surface area contributed by atoms with Gasteiger partial charge in [0.1, 0.15) is 24.0 Å². The Labute approximate surface area is 265 Å². The minimum Gasteiger partial charge on any atom is -0.462 e. The Morgan fingerprint density at radius 3 is 2.87 bits per heavy atom. The number of halogens is 2. The quantitative estimate of drug-likeness (QED) is 0.243. The molecule has 0 aliphatic carbocycles. The Morgan fingerprint density at radius 1 is 1.33 bits per heavy atom. The molecule has 0 saturated carbocycles. The molecule has 2 saturated heterocycles. The number of benzene rings is 2. The maximum Gasteiger partial charge on any atom is 0.319 e. The fraction of sp³-hybridized carbons (Fsp3) is 0.333. The summed E-state index contributed by atoms with van der Waals surface area (Å²) in [5.74, 6) is 2.13. The smallest absolute Gasteiger partial charge is 0.319 e. The number of fused-ring (bicyclic) bond motifs is 2. The van der Waals surface area contributed by atoms with Gasteiger partial charge in [-0.1, -0.05) is 36.7 Å². The van der Waals surface area contributed by atoms with Crippen molar-refractivity contribution in [3.05, 3.63) is 65.2 Å². The predicted octanol–water partition coefficient (Wildman–Crippen LogP) is 4.64. The second-order valence-electron chi connectivity index (χ2n) is 11.3. The van der Waals surface area contributed by atoms with E-state index in [0.717, 1.165) is 23.2 Å². The van der Waals surface area contributed by atoms with Crippen LogP contribution in [0.5, 0.6) is 6.01 Å². The molecule has 6 rings (SSSR count). The van der Waals surface area contributed by atoms with Crippen LogP contribution in [0.15, 0.2) is 43.1 Å². The number of aromatic amines is 1. The Bertz CT molecular complexity index is 1900. The molecule has 45 heavy (non-hydrogen) atoms. The van der Waals surface area contributed by atoms with Gasteiger partial charge in [-0.2, -0.15) is 15.1 Å². The number of terminal acetylenes is 1. The summed E-state index contributed by atoms with van der Waals surface area (Å²) in [4.78, 5) is 27.3. The largest absolute Gasteiger partial charge is 0.462 e. The van der Waals surface area contributed by atoms with E-state index >= 15 is 4.39 Å². The molecule has 2 aromatic carbocycles. The first-order valence-corrected chi connectivity index (χ1v) is 14.9. The van der Waals surface area contributed by atoms with E-state index in [2.05, 4.69) is 39.2 Å². The van der Waals surface area contributed by atoms with Gasteiger partial charge in [0, 0.05) is 39.8 Å². The van der Waals surface area contributed by atoms with E-state index in [4.69, 9.17) is 32.5 Å². The van der Waals surface area contributed by atoms with Gasteiger partial charge >= 0.3 is 6.01 Å². The van der Waals surface area contributed by atoms with E-state index in [1.165, 1.54) is 11.0 Å². The fourth-order valence-corrected chi connectivity index (χ4v) is 6.25. The lowest BCUT2D eigenvalue weighted by atomic mass is 9.94. The highest BCUT2D eigenvalue weighted by molar-refractivity contribution is 6.35. The van der Waals surface area contributed by atoms with Gasteiger partial charge in [-0.3, -0.25) is 14.8 Å². The van der Waals surface area contributed by atoms with E-state index in [9.17, 15) is 4.79 Å². The Balaban J connectivity index is 1.53. The van der Waals surface area contributed by atoms with Crippen molar-refractivity contribution in [2.75, 3.05) is 51.4 Å². The van der Waals surface area contributed by atoms with Crippen molar-refractivity contribution in [1.82, 2.24) is 30.0 Å². The van der Waals surface area contributed by atoms with Crippen LogP contribution in [-0.4, -0.2) is 94.5 Å². The number of rotatable bonds is 6. The number of aromatic nitrogens is 4. The lowest BCUT2D eigenvalue weighted by molar-refractivity contribution is -0.124. The zero-order chi connectivity index (χ0) is 32.0. The molecule has 0 bridgehead atoms. The summed E-state index contributed by atoms with van der Waals surface area (Å²) >= 11 is 6.93. The van der Waals surface area contributed by atoms with E-state index in [1.54, 1.807) is 11.0 Å². The van der Waals surface area contributed by atoms with Crippen molar-refractivity contribution < 1.29 is 18.7 Å². The Hall–Kier alpha value is -4.50. The topological polar surface area (TPSA) is 99.7 Å². The number of ether oxygens (including phenoxy) is 2. The van der Waals surface area contributed by atoms with Gasteiger partial charge in [-0.05, 0) is 44.7 Å². The van der Waals surface area contributed by atoms with Crippen molar-refractivity contribution in [3.8, 4) is 29.5 Å². The number of amides is 1. The van der Waals surface area contributed by atoms with Crippen LogP contribution in [0, 0.1) is 32.0 Å². The predicted molar refractivity (Wildman–Crippen MR) is 173 cm³/mol. The molecule has 2 aliphatic rings. The van der Waals surface area contributed by atoms with E-state index in [-0.39, 0.29) is 53.8 Å². The van der Waals surface area contributed by atoms with Gasteiger partial charge in [-0.25, -0.2) is 4.39 Å². The average molecular weight is 630 g/mol. The number of piperazine rings is 1. The molecule has 10 nitrogen and oxygen atoms in total. The molecule has 0 unspecified atom stereocenters. The second-order valence-corrected chi connectivity index (χ2v) is 11.7. The molecule has 2 atom stereocenters. The third-order valence-corrected chi connectivity index (χ3v) is 8.80. The van der Waals surface area contributed by atoms with Gasteiger partial charge in [0.2, 0.25) is 5.91 Å². The molecule has 232 valence electrons. The minimum absolute atomic E-state index is 0.0196. The second kappa shape index (κ2) is 12.1. The number of aryl methyl sites for hydroxylation is 2. The van der Waals surface area contributed by atoms with Crippen molar-refractivity contribution >= 4 is 45.1 Å². The van der Waals surface area contributed by atoms with Gasteiger partial charge < -0.3 is 19.3 Å². The number of anilines is 1. The number of morpholine rings is 1. The molecular weight excluding hydrogens is 597 g/mol. The summed E-state index contributed by atoms with van der Waals surface area (Å²) in [5.41, 5.74) is 3.63. The Morgan fingerprint density at radius 2 is 2.13 bits per heavy atom. The number of hydrogen-bond donors (Lipinski definition) is 1. The summed E-state index contributed by atoms with van der Waals surface area (Å²) in [6.45, 7) is 13.8. The molecule has 2 fully saturated rings. The van der Waals surface area contributed by atoms with Crippen LogP contribution in [0.25, 0.3) is 32.9 Å². The van der Waals surface area contributed by atoms with Crippen molar-refractivity contribution in [1.29, 1.82) is 0 Å². The number of carbonyl (C=O) groups is 1. The highest BCUT2D eigenvalue weighted by atomic mass is 35.5. The highest BCUT2D eigenvalue weighted by Gasteiger charge is 2.34. The molecule has 0 spiro atoms. The molecule has 1 amide bonds. The maximum absolute atomic E-state index is 17.0. The summed E-state index contributed by atoms with van der Waals surface area (Å²) in [7, 11) is 1.99. The molecule has 4 aromatic rings. The highest BCUT2D eigenvalue weighted by Crippen LogP contribution is 2.43. The molecule has 4 heterocycles. The van der Waals surface area contributed by atoms with E-state index in [0.29, 0.717) is 41.2 Å². The average Bonchev–Trinajstić information content (AvgIpc) is 3.41. The maximum atomic E-state index is 17.0. The monoisotopic (exact) mass is 629 g/mol. The summed E-state index contributed by atoms with van der Waals surface area (Å²) in [6, 6.07) is 4.74. The first-order chi connectivity index (χ1) is 21.6. The van der Waals surface area contributed by atoms with Crippen LogP contribution in [0.4, 0.5) is 10.2 Å². The summed E-state index contributed by atoms with van der Waals surface area (Å²) in [5, 5.41) is 8.64. The third-order valence-electron chi connectivity index (χ3n) is 8.50.